The number of ether oxygens (including phenoxy) is 1. The van der Waals surface area contributed by atoms with Crippen LogP contribution in [0.15, 0.2) is 24.3 Å². The SMILES string of the molecule is CC(=O)NCCCCNC(=O)COc1ccc(Cl)cc1. The van der Waals surface area contributed by atoms with Crippen molar-refractivity contribution in [3.8, 4) is 5.75 Å². The minimum absolute atomic E-state index is 0.0205. The normalized spacial score (nSPS) is 9.90. The van der Waals surface area contributed by atoms with Crippen LogP contribution < -0.4 is 15.4 Å². The molecule has 0 atom stereocenters. The maximum atomic E-state index is 11.5. The van der Waals surface area contributed by atoms with E-state index in [0.717, 1.165) is 12.8 Å². The Hall–Kier alpha value is -1.75. The number of hydrogen-bond acceptors (Lipinski definition) is 3. The van der Waals surface area contributed by atoms with Crippen LogP contribution in [0.1, 0.15) is 19.8 Å². The minimum atomic E-state index is -0.167. The molecule has 0 aliphatic carbocycles. The summed E-state index contributed by atoms with van der Waals surface area (Å²) in [7, 11) is 0. The molecule has 0 saturated carbocycles. The highest BCUT2D eigenvalue weighted by atomic mass is 35.5. The van der Waals surface area contributed by atoms with E-state index in [9.17, 15) is 9.59 Å². The lowest BCUT2D eigenvalue weighted by Gasteiger charge is -2.07. The van der Waals surface area contributed by atoms with Crippen molar-refractivity contribution in [3.63, 3.8) is 0 Å². The van der Waals surface area contributed by atoms with Crippen LogP contribution in [0, 0.1) is 0 Å². The molecule has 20 heavy (non-hydrogen) atoms. The summed E-state index contributed by atoms with van der Waals surface area (Å²) in [5.41, 5.74) is 0. The fraction of sp³-hybridized carbons (Fsp3) is 0.429. The van der Waals surface area contributed by atoms with Crippen LogP contribution >= 0.6 is 11.6 Å². The summed E-state index contributed by atoms with van der Waals surface area (Å²) < 4.78 is 5.30. The van der Waals surface area contributed by atoms with E-state index < -0.39 is 0 Å². The molecule has 0 aromatic heterocycles. The molecular weight excluding hydrogens is 280 g/mol. The first-order valence-electron chi connectivity index (χ1n) is 6.47. The third kappa shape index (κ3) is 7.63. The summed E-state index contributed by atoms with van der Waals surface area (Å²) in [5, 5.41) is 6.07. The van der Waals surface area contributed by atoms with Gasteiger partial charge in [-0.15, -0.1) is 0 Å². The van der Waals surface area contributed by atoms with Gasteiger partial charge in [0.2, 0.25) is 5.91 Å². The fourth-order valence-corrected chi connectivity index (χ4v) is 1.60. The van der Waals surface area contributed by atoms with Gasteiger partial charge in [0, 0.05) is 25.0 Å². The third-order valence-corrected chi connectivity index (χ3v) is 2.74. The average Bonchev–Trinajstić information content (AvgIpc) is 2.41. The Morgan fingerprint density at radius 1 is 1.10 bits per heavy atom. The molecule has 0 spiro atoms. The maximum absolute atomic E-state index is 11.5. The quantitative estimate of drug-likeness (QED) is 0.719. The lowest BCUT2D eigenvalue weighted by molar-refractivity contribution is -0.123. The molecule has 0 unspecified atom stereocenters. The Labute approximate surface area is 123 Å². The van der Waals surface area contributed by atoms with E-state index in [4.69, 9.17) is 16.3 Å². The summed E-state index contributed by atoms with van der Waals surface area (Å²) in [6.07, 6.45) is 1.64. The summed E-state index contributed by atoms with van der Waals surface area (Å²) in [6, 6.07) is 6.83. The first-order chi connectivity index (χ1) is 9.58. The molecule has 0 bridgehead atoms. The Morgan fingerprint density at radius 3 is 2.30 bits per heavy atom. The van der Waals surface area contributed by atoms with Gasteiger partial charge in [0.15, 0.2) is 6.61 Å². The van der Waals surface area contributed by atoms with Crippen molar-refractivity contribution in [2.24, 2.45) is 0 Å². The molecule has 0 heterocycles. The summed E-state index contributed by atoms with van der Waals surface area (Å²) in [5.74, 6) is 0.403. The predicted molar refractivity (Wildman–Crippen MR) is 77.9 cm³/mol. The van der Waals surface area contributed by atoms with Crippen LogP contribution in [0.2, 0.25) is 5.02 Å². The number of benzene rings is 1. The van der Waals surface area contributed by atoms with Crippen molar-refractivity contribution in [1.82, 2.24) is 10.6 Å². The van der Waals surface area contributed by atoms with Gasteiger partial charge >= 0.3 is 0 Å². The van der Waals surface area contributed by atoms with Crippen molar-refractivity contribution < 1.29 is 14.3 Å². The number of carbonyl (C=O) groups excluding carboxylic acids is 2. The van der Waals surface area contributed by atoms with Crippen LogP contribution in [0.5, 0.6) is 5.75 Å². The van der Waals surface area contributed by atoms with Gasteiger partial charge in [-0.3, -0.25) is 9.59 Å². The van der Waals surface area contributed by atoms with E-state index >= 15 is 0 Å². The molecule has 5 nitrogen and oxygen atoms in total. The van der Waals surface area contributed by atoms with Crippen LogP contribution in [-0.4, -0.2) is 31.5 Å². The van der Waals surface area contributed by atoms with Crippen molar-refractivity contribution in [3.05, 3.63) is 29.3 Å². The lowest BCUT2D eigenvalue weighted by Crippen LogP contribution is -2.30. The lowest BCUT2D eigenvalue weighted by atomic mass is 10.3. The van der Waals surface area contributed by atoms with Gasteiger partial charge in [0.1, 0.15) is 5.75 Å². The monoisotopic (exact) mass is 298 g/mol. The molecule has 0 radical (unpaired) electrons. The molecule has 2 N–H and O–H groups in total. The van der Waals surface area contributed by atoms with Crippen molar-refractivity contribution >= 4 is 23.4 Å². The largest absolute Gasteiger partial charge is 0.484 e. The van der Waals surface area contributed by atoms with Crippen LogP contribution in [-0.2, 0) is 9.59 Å². The van der Waals surface area contributed by atoms with Gasteiger partial charge in [-0.05, 0) is 37.1 Å². The number of hydrogen-bond donors (Lipinski definition) is 2. The average molecular weight is 299 g/mol. The predicted octanol–water partition coefficient (Wildman–Crippen LogP) is 1.75. The van der Waals surface area contributed by atoms with E-state index in [1.165, 1.54) is 6.92 Å². The second kappa shape index (κ2) is 9.20. The Kier molecular flexibility index (Phi) is 7.50. The molecule has 0 aliphatic heterocycles. The molecule has 0 aliphatic rings. The Bertz CT molecular complexity index is 435. The van der Waals surface area contributed by atoms with Gasteiger partial charge in [0.05, 0.1) is 0 Å². The zero-order chi connectivity index (χ0) is 14.8. The molecule has 0 saturated heterocycles. The van der Waals surface area contributed by atoms with E-state index in [-0.39, 0.29) is 18.4 Å². The fourth-order valence-electron chi connectivity index (χ4n) is 1.47. The van der Waals surface area contributed by atoms with E-state index in [2.05, 4.69) is 10.6 Å². The first kappa shape index (κ1) is 16.3. The second-order valence-corrected chi connectivity index (χ2v) is 4.72. The molecule has 1 rings (SSSR count). The number of halogens is 1. The summed E-state index contributed by atoms with van der Waals surface area (Å²) >= 11 is 5.74. The standard InChI is InChI=1S/C14H19ClN2O3/c1-11(18)16-8-2-3-9-17-14(19)10-20-13-6-4-12(15)5-7-13/h4-7H,2-3,8-10H2,1H3,(H,16,18)(H,17,19). The summed E-state index contributed by atoms with van der Waals surface area (Å²) in [6.45, 7) is 2.66. The highest BCUT2D eigenvalue weighted by Gasteiger charge is 2.02. The number of nitrogens with one attached hydrogen (secondary N) is 2. The molecule has 6 heteroatoms. The maximum Gasteiger partial charge on any atom is 0.257 e. The molecule has 1 aromatic rings. The van der Waals surface area contributed by atoms with Crippen LogP contribution in [0.4, 0.5) is 0 Å². The van der Waals surface area contributed by atoms with E-state index in [1.54, 1.807) is 24.3 Å². The first-order valence-corrected chi connectivity index (χ1v) is 6.85. The van der Waals surface area contributed by atoms with Crippen molar-refractivity contribution in [2.45, 2.75) is 19.8 Å². The van der Waals surface area contributed by atoms with Gasteiger partial charge in [-0.1, -0.05) is 11.6 Å². The summed E-state index contributed by atoms with van der Waals surface area (Å²) in [4.78, 5) is 22.1. The minimum Gasteiger partial charge on any atom is -0.484 e. The van der Waals surface area contributed by atoms with Gasteiger partial charge < -0.3 is 15.4 Å². The number of amides is 2. The zero-order valence-electron chi connectivity index (χ0n) is 11.4. The Morgan fingerprint density at radius 2 is 1.70 bits per heavy atom. The molecule has 2 amide bonds. The molecule has 1 aromatic carbocycles. The smallest absolute Gasteiger partial charge is 0.257 e. The zero-order valence-corrected chi connectivity index (χ0v) is 12.2. The highest BCUT2D eigenvalue weighted by molar-refractivity contribution is 6.30. The van der Waals surface area contributed by atoms with Gasteiger partial charge in [-0.25, -0.2) is 0 Å². The molecular formula is C14H19ClN2O3. The third-order valence-electron chi connectivity index (χ3n) is 2.48. The van der Waals surface area contributed by atoms with Crippen LogP contribution in [0.3, 0.4) is 0 Å². The molecule has 110 valence electrons. The van der Waals surface area contributed by atoms with Crippen LogP contribution in [0.25, 0.3) is 0 Å². The van der Waals surface area contributed by atoms with E-state index in [1.807, 2.05) is 0 Å². The van der Waals surface area contributed by atoms with Gasteiger partial charge in [-0.2, -0.15) is 0 Å². The topological polar surface area (TPSA) is 67.4 Å². The second-order valence-electron chi connectivity index (χ2n) is 4.28. The Balaban J connectivity index is 2.06. The number of rotatable bonds is 8. The number of carbonyl (C=O) groups is 2. The van der Waals surface area contributed by atoms with Crippen molar-refractivity contribution in [1.29, 1.82) is 0 Å². The number of unbranched alkanes of at least 4 members (excludes halogenated alkanes) is 1. The molecule has 0 fully saturated rings. The highest BCUT2D eigenvalue weighted by Crippen LogP contribution is 2.15. The van der Waals surface area contributed by atoms with Gasteiger partial charge in [0.25, 0.3) is 5.91 Å². The van der Waals surface area contributed by atoms with E-state index in [0.29, 0.717) is 23.9 Å². The van der Waals surface area contributed by atoms with Crippen molar-refractivity contribution in [2.75, 3.05) is 19.7 Å².